The van der Waals surface area contributed by atoms with Crippen molar-refractivity contribution in [2.45, 2.75) is 0 Å². The van der Waals surface area contributed by atoms with E-state index in [-0.39, 0.29) is 18.0 Å². The van der Waals surface area contributed by atoms with E-state index in [0.29, 0.717) is 0 Å². The number of benzene rings is 1. The molecule has 0 atom stereocenters. The lowest BCUT2D eigenvalue weighted by atomic mass is 10.2. The van der Waals surface area contributed by atoms with Crippen LogP contribution in [0.2, 0.25) is 0 Å². The Labute approximate surface area is 115 Å². The highest BCUT2D eigenvalue weighted by Gasteiger charge is 2.15. The van der Waals surface area contributed by atoms with E-state index in [9.17, 15) is 18.8 Å². The molecule has 1 aromatic rings. The number of carbonyl (C=O) groups excluding carboxylic acids is 3. The number of nitrogens with zero attached hydrogens (tertiary/aromatic N) is 1. The summed E-state index contributed by atoms with van der Waals surface area (Å²) in [6, 6.07) is 4.95. The van der Waals surface area contributed by atoms with E-state index in [4.69, 9.17) is 4.74 Å². The number of amides is 2. The molecule has 0 spiro atoms. The molecule has 0 aromatic heterocycles. The van der Waals surface area contributed by atoms with Gasteiger partial charge in [-0.3, -0.25) is 9.59 Å². The van der Waals surface area contributed by atoms with Crippen LogP contribution in [0.4, 0.5) is 4.39 Å². The maximum absolute atomic E-state index is 12.9. The van der Waals surface area contributed by atoms with Gasteiger partial charge in [-0.2, -0.15) is 0 Å². The second kappa shape index (κ2) is 7.22. The van der Waals surface area contributed by atoms with Gasteiger partial charge in [-0.15, -0.1) is 0 Å². The predicted octanol–water partition coefficient (Wildman–Crippen LogP) is 0.187. The van der Waals surface area contributed by atoms with Crippen molar-refractivity contribution in [3.63, 3.8) is 0 Å². The van der Waals surface area contributed by atoms with Gasteiger partial charge in [0.1, 0.15) is 5.82 Å². The molecular weight excluding hydrogens is 267 g/mol. The molecule has 0 saturated heterocycles. The van der Waals surface area contributed by atoms with Gasteiger partial charge >= 0.3 is 5.97 Å². The van der Waals surface area contributed by atoms with Gasteiger partial charge < -0.3 is 15.0 Å². The highest BCUT2D eigenvalue weighted by molar-refractivity contribution is 5.91. The Bertz CT molecular complexity index is 519. The Morgan fingerprint density at radius 1 is 1.35 bits per heavy atom. The average Bonchev–Trinajstić information content (AvgIpc) is 2.43. The highest BCUT2D eigenvalue weighted by atomic mass is 19.1. The minimum Gasteiger partial charge on any atom is -0.452 e. The molecule has 0 fully saturated rings. The molecule has 0 aliphatic carbocycles. The molecule has 2 amide bonds. The van der Waals surface area contributed by atoms with E-state index in [1.54, 1.807) is 0 Å². The normalized spacial score (nSPS) is 9.75. The first-order valence-electron chi connectivity index (χ1n) is 5.81. The third-order valence-corrected chi connectivity index (χ3v) is 2.47. The standard InChI is InChI=1S/C13H15FN2O4/c1-15-11(17)7-16(2)12(18)8-20-13(19)9-4-3-5-10(14)6-9/h3-6H,7-8H2,1-2H3,(H,15,17). The van der Waals surface area contributed by atoms with Crippen molar-refractivity contribution < 1.29 is 23.5 Å². The molecule has 0 saturated carbocycles. The molecular formula is C13H15FN2O4. The quantitative estimate of drug-likeness (QED) is 0.782. The zero-order valence-electron chi connectivity index (χ0n) is 11.2. The van der Waals surface area contributed by atoms with Crippen LogP contribution < -0.4 is 5.32 Å². The molecule has 0 bridgehead atoms. The van der Waals surface area contributed by atoms with Crippen molar-refractivity contribution in [2.75, 3.05) is 27.2 Å². The number of hydrogen-bond acceptors (Lipinski definition) is 4. The van der Waals surface area contributed by atoms with Crippen molar-refractivity contribution in [1.29, 1.82) is 0 Å². The molecule has 1 rings (SSSR count). The molecule has 0 heterocycles. The van der Waals surface area contributed by atoms with Crippen molar-refractivity contribution in [2.24, 2.45) is 0 Å². The van der Waals surface area contributed by atoms with Crippen LogP contribution in [0.5, 0.6) is 0 Å². The Morgan fingerprint density at radius 3 is 2.65 bits per heavy atom. The third kappa shape index (κ3) is 4.68. The summed E-state index contributed by atoms with van der Waals surface area (Å²) in [6.45, 7) is -0.643. The Hall–Kier alpha value is -2.44. The maximum atomic E-state index is 12.9. The zero-order valence-corrected chi connectivity index (χ0v) is 11.2. The largest absolute Gasteiger partial charge is 0.452 e. The van der Waals surface area contributed by atoms with Crippen LogP contribution in [0.25, 0.3) is 0 Å². The van der Waals surface area contributed by atoms with E-state index in [0.717, 1.165) is 11.0 Å². The van der Waals surface area contributed by atoms with E-state index in [1.165, 1.54) is 32.3 Å². The summed E-state index contributed by atoms with van der Waals surface area (Å²) >= 11 is 0. The molecule has 1 N–H and O–H groups in total. The second-order valence-corrected chi connectivity index (χ2v) is 4.01. The smallest absolute Gasteiger partial charge is 0.338 e. The minimum atomic E-state index is -0.800. The molecule has 0 radical (unpaired) electrons. The minimum absolute atomic E-state index is 0.0201. The maximum Gasteiger partial charge on any atom is 0.338 e. The molecule has 0 aliphatic rings. The zero-order chi connectivity index (χ0) is 15.1. The summed E-state index contributed by atoms with van der Waals surface area (Å²) in [7, 11) is 2.86. The van der Waals surface area contributed by atoms with Gasteiger partial charge in [0.05, 0.1) is 12.1 Å². The molecule has 7 heteroatoms. The fraction of sp³-hybridized carbons (Fsp3) is 0.308. The number of rotatable bonds is 5. The molecule has 0 aliphatic heterocycles. The molecule has 6 nitrogen and oxygen atoms in total. The van der Waals surface area contributed by atoms with Gasteiger partial charge in [0, 0.05) is 14.1 Å². The van der Waals surface area contributed by atoms with Crippen molar-refractivity contribution in [3.05, 3.63) is 35.6 Å². The Kier molecular flexibility index (Phi) is 5.64. The lowest BCUT2D eigenvalue weighted by molar-refractivity contribution is -0.137. The summed E-state index contributed by atoms with van der Waals surface area (Å²) < 4.78 is 17.7. The van der Waals surface area contributed by atoms with E-state index >= 15 is 0 Å². The van der Waals surface area contributed by atoms with Gasteiger partial charge in [0.2, 0.25) is 5.91 Å². The lowest BCUT2D eigenvalue weighted by Gasteiger charge is -2.15. The van der Waals surface area contributed by atoms with Gasteiger partial charge in [0.15, 0.2) is 6.61 Å². The van der Waals surface area contributed by atoms with E-state index in [1.807, 2.05) is 0 Å². The molecule has 20 heavy (non-hydrogen) atoms. The van der Waals surface area contributed by atoms with Crippen molar-refractivity contribution in [3.8, 4) is 0 Å². The van der Waals surface area contributed by atoms with E-state index in [2.05, 4.69) is 5.32 Å². The Morgan fingerprint density at radius 2 is 2.05 bits per heavy atom. The predicted molar refractivity (Wildman–Crippen MR) is 68.4 cm³/mol. The van der Waals surface area contributed by atoms with Gasteiger partial charge in [-0.1, -0.05) is 6.07 Å². The molecule has 0 unspecified atom stereocenters. The Balaban J connectivity index is 2.48. The van der Waals surface area contributed by atoms with Gasteiger partial charge in [-0.05, 0) is 18.2 Å². The summed E-state index contributed by atoms with van der Waals surface area (Å²) in [5.41, 5.74) is 0.0201. The van der Waals surface area contributed by atoms with Crippen molar-refractivity contribution in [1.82, 2.24) is 10.2 Å². The molecule has 108 valence electrons. The number of hydrogen-bond donors (Lipinski definition) is 1. The number of likely N-dealkylation sites (N-methyl/N-ethyl adjacent to an activating group) is 2. The SMILES string of the molecule is CNC(=O)CN(C)C(=O)COC(=O)c1cccc(F)c1. The summed E-state index contributed by atoms with van der Waals surface area (Å²) in [6.07, 6.45) is 0. The first kappa shape index (κ1) is 15.6. The number of ether oxygens (including phenoxy) is 1. The van der Waals surface area contributed by atoms with Crippen LogP contribution >= 0.6 is 0 Å². The molecule has 1 aromatic carbocycles. The number of carbonyl (C=O) groups is 3. The average molecular weight is 282 g/mol. The van der Waals surface area contributed by atoms with Crippen LogP contribution in [0.1, 0.15) is 10.4 Å². The number of nitrogens with one attached hydrogen (secondary N) is 1. The van der Waals surface area contributed by atoms with Crippen LogP contribution in [0.3, 0.4) is 0 Å². The topological polar surface area (TPSA) is 75.7 Å². The number of esters is 1. The summed E-state index contributed by atoms with van der Waals surface area (Å²) in [4.78, 5) is 35.3. The second-order valence-electron chi connectivity index (χ2n) is 4.01. The third-order valence-electron chi connectivity index (χ3n) is 2.47. The highest BCUT2D eigenvalue weighted by Crippen LogP contribution is 2.05. The van der Waals surface area contributed by atoms with Crippen LogP contribution in [0.15, 0.2) is 24.3 Å². The fourth-order valence-corrected chi connectivity index (χ4v) is 1.32. The fourth-order valence-electron chi connectivity index (χ4n) is 1.32. The van der Waals surface area contributed by atoms with Gasteiger partial charge in [0.25, 0.3) is 5.91 Å². The first-order chi connectivity index (χ1) is 9.43. The van der Waals surface area contributed by atoms with E-state index < -0.39 is 24.3 Å². The summed E-state index contributed by atoms with van der Waals surface area (Å²) in [5.74, 6) is -2.23. The monoisotopic (exact) mass is 282 g/mol. The lowest BCUT2D eigenvalue weighted by Crippen LogP contribution is -2.39. The van der Waals surface area contributed by atoms with Gasteiger partial charge in [-0.25, -0.2) is 9.18 Å². The summed E-state index contributed by atoms with van der Waals surface area (Å²) in [5, 5.41) is 2.37. The van der Waals surface area contributed by atoms with Crippen LogP contribution in [-0.4, -0.2) is 49.9 Å². The van der Waals surface area contributed by atoms with Crippen molar-refractivity contribution >= 4 is 17.8 Å². The van der Waals surface area contributed by atoms with Crippen LogP contribution in [0, 0.1) is 5.82 Å². The first-order valence-corrected chi connectivity index (χ1v) is 5.81. The van der Waals surface area contributed by atoms with Crippen LogP contribution in [-0.2, 0) is 14.3 Å². The number of halogens is 1.